The second kappa shape index (κ2) is 3.69. The molecule has 1 atom stereocenters. The van der Waals surface area contributed by atoms with E-state index in [0.29, 0.717) is 6.54 Å². The Hall–Kier alpha value is -0.180. The zero-order valence-corrected chi connectivity index (χ0v) is 7.82. The van der Waals surface area contributed by atoms with Crippen LogP contribution in [0.1, 0.15) is 26.7 Å². The third kappa shape index (κ3) is 2.70. The summed E-state index contributed by atoms with van der Waals surface area (Å²) in [6.07, 6.45) is 0.0919. The van der Waals surface area contributed by atoms with E-state index in [1.54, 1.807) is 0 Å². The predicted molar refractivity (Wildman–Crippen MR) is 45.5 cm³/mol. The first kappa shape index (κ1) is 9.90. The van der Waals surface area contributed by atoms with Crippen molar-refractivity contribution >= 4 is 0 Å². The molecule has 1 saturated heterocycles. The van der Waals surface area contributed by atoms with Gasteiger partial charge in [0.05, 0.1) is 0 Å². The van der Waals surface area contributed by atoms with Crippen molar-refractivity contribution in [2.75, 3.05) is 19.6 Å². The second-order valence-electron chi connectivity index (χ2n) is 3.81. The van der Waals surface area contributed by atoms with E-state index in [9.17, 15) is 8.78 Å². The summed E-state index contributed by atoms with van der Waals surface area (Å²) in [7, 11) is 0. The number of alkyl halides is 2. The fourth-order valence-electron chi connectivity index (χ4n) is 1.82. The first-order valence-corrected chi connectivity index (χ1v) is 4.63. The van der Waals surface area contributed by atoms with Crippen LogP contribution in [0.4, 0.5) is 8.78 Å². The summed E-state index contributed by atoms with van der Waals surface area (Å²) in [4.78, 5) is 2.10. The summed E-state index contributed by atoms with van der Waals surface area (Å²) in [6, 6.07) is 0. The topological polar surface area (TPSA) is 3.24 Å². The van der Waals surface area contributed by atoms with E-state index in [1.165, 1.54) is 0 Å². The lowest BCUT2D eigenvalue weighted by Gasteiger charge is -2.19. The lowest BCUT2D eigenvalue weighted by atomic mass is 10.0. The average molecular weight is 177 g/mol. The molecule has 0 aromatic carbocycles. The molecular formula is C9H17F2N. The van der Waals surface area contributed by atoms with Crippen LogP contribution in [0.15, 0.2) is 0 Å². The highest BCUT2D eigenvalue weighted by Gasteiger charge is 2.34. The molecule has 1 aliphatic heterocycles. The number of halogens is 2. The van der Waals surface area contributed by atoms with Gasteiger partial charge < -0.3 is 4.90 Å². The number of likely N-dealkylation sites (tertiary alicyclic amines) is 1. The van der Waals surface area contributed by atoms with Crippen molar-refractivity contribution in [3.8, 4) is 0 Å². The van der Waals surface area contributed by atoms with Gasteiger partial charge in [-0.1, -0.05) is 13.8 Å². The zero-order valence-electron chi connectivity index (χ0n) is 7.82. The number of nitrogens with zero attached hydrogens (tertiary/aromatic N) is 1. The van der Waals surface area contributed by atoms with Crippen molar-refractivity contribution in [2.24, 2.45) is 5.92 Å². The molecule has 0 saturated carbocycles. The molecule has 0 bridgehead atoms. The Bertz CT molecular complexity index is 147. The van der Waals surface area contributed by atoms with Gasteiger partial charge in [-0.25, -0.2) is 8.78 Å². The zero-order chi connectivity index (χ0) is 9.19. The van der Waals surface area contributed by atoms with E-state index in [0.717, 1.165) is 13.1 Å². The minimum absolute atomic E-state index is 0.0329. The van der Waals surface area contributed by atoms with Crippen molar-refractivity contribution in [2.45, 2.75) is 32.6 Å². The molecule has 72 valence electrons. The summed E-state index contributed by atoms with van der Waals surface area (Å²) < 4.78 is 26.0. The van der Waals surface area contributed by atoms with Crippen LogP contribution in [0, 0.1) is 5.92 Å². The van der Waals surface area contributed by atoms with Gasteiger partial charge in [-0.15, -0.1) is 0 Å². The van der Waals surface area contributed by atoms with Crippen LogP contribution in [-0.2, 0) is 0 Å². The van der Waals surface area contributed by atoms with Crippen molar-refractivity contribution in [1.29, 1.82) is 0 Å². The van der Waals surface area contributed by atoms with Crippen LogP contribution < -0.4 is 0 Å². The first-order chi connectivity index (χ1) is 5.53. The number of hydrogen-bond acceptors (Lipinski definition) is 1. The second-order valence-corrected chi connectivity index (χ2v) is 3.81. The van der Waals surface area contributed by atoms with E-state index >= 15 is 0 Å². The van der Waals surface area contributed by atoms with Gasteiger partial charge in [0.15, 0.2) is 0 Å². The van der Waals surface area contributed by atoms with Crippen LogP contribution in [0.5, 0.6) is 0 Å². The Morgan fingerprint density at radius 1 is 1.50 bits per heavy atom. The van der Waals surface area contributed by atoms with Gasteiger partial charge in [-0.3, -0.25) is 0 Å². The Morgan fingerprint density at radius 3 is 2.75 bits per heavy atom. The maximum absolute atomic E-state index is 13.0. The molecule has 3 heteroatoms. The normalized spacial score (nSPS) is 31.5. The maximum Gasteiger partial charge on any atom is 0.249 e. The van der Waals surface area contributed by atoms with Gasteiger partial charge >= 0.3 is 0 Å². The van der Waals surface area contributed by atoms with Crippen LogP contribution in [0.25, 0.3) is 0 Å². The lowest BCUT2D eigenvalue weighted by Crippen LogP contribution is -2.27. The fraction of sp³-hybridized carbons (Fsp3) is 1.00. The summed E-state index contributed by atoms with van der Waals surface area (Å²) in [6.45, 7) is 6.19. The van der Waals surface area contributed by atoms with Crippen LogP contribution in [0.2, 0.25) is 0 Å². The molecule has 0 amide bonds. The van der Waals surface area contributed by atoms with Crippen LogP contribution >= 0.6 is 0 Å². The predicted octanol–water partition coefficient (Wildman–Crippen LogP) is 2.37. The average Bonchev–Trinajstić information content (AvgIpc) is 2.07. The number of rotatable bonds is 1. The van der Waals surface area contributed by atoms with Crippen LogP contribution in [0.3, 0.4) is 0 Å². The third-order valence-electron chi connectivity index (χ3n) is 2.46. The molecule has 0 aromatic heterocycles. The molecule has 0 N–H and O–H groups in total. The Kier molecular flexibility index (Phi) is 3.04. The van der Waals surface area contributed by atoms with Gasteiger partial charge in [0.2, 0.25) is 5.92 Å². The highest BCUT2D eigenvalue weighted by Crippen LogP contribution is 2.30. The third-order valence-corrected chi connectivity index (χ3v) is 2.46. The van der Waals surface area contributed by atoms with Crippen LogP contribution in [-0.4, -0.2) is 30.5 Å². The fourth-order valence-corrected chi connectivity index (χ4v) is 1.82. The van der Waals surface area contributed by atoms with E-state index in [2.05, 4.69) is 4.90 Å². The smallest absolute Gasteiger partial charge is 0.249 e. The molecule has 12 heavy (non-hydrogen) atoms. The van der Waals surface area contributed by atoms with Crippen molar-refractivity contribution in [1.82, 2.24) is 4.90 Å². The maximum atomic E-state index is 13.0. The molecule has 1 heterocycles. The van der Waals surface area contributed by atoms with Gasteiger partial charge in [0.1, 0.15) is 0 Å². The standard InChI is InChI=1S/C9H17F2N/c1-3-12-5-4-9(10,11)6-8(2)7-12/h8H,3-7H2,1-2H3. The largest absolute Gasteiger partial charge is 0.303 e. The lowest BCUT2D eigenvalue weighted by molar-refractivity contribution is -0.0207. The summed E-state index contributed by atoms with van der Waals surface area (Å²) in [5, 5.41) is 0. The van der Waals surface area contributed by atoms with Crippen molar-refractivity contribution < 1.29 is 8.78 Å². The summed E-state index contributed by atoms with van der Waals surface area (Å²) in [5.41, 5.74) is 0. The van der Waals surface area contributed by atoms with Crippen molar-refractivity contribution in [3.63, 3.8) is 0 Å². The minimum atomic E-state index is -2.43. The van der Waals surface area contributed by atoms with Gasteiger partial charge in [0, 0.05) is 25.9 Å². The monoisotopic (exact) mass is 177 g/mol. The van der Waals surface area contributed by atoms with E-state index in [1.807, 2.05) is 13.8 Å². The molecule has 1 aliphatic rings. The molecule has 0 spiro atoms. The van der Waals surface area contributed by atoms with Gasteiger partial charge in [0.25, 0.3) is 0 Å². The molecule has 1 unspecified atom stereocenters. The van der Waals surface area contributed by atoms with Crippen molar-refractivity contribution in [3.05, 3.63) is 0 Å². The van der Waals surface area contributed by atoms with Gasteiger partial charge in [-0.05, 0) is 12.5 Å². The highest BCUT2D eigenvalue weighted by molar-refractivity contribution is 4.78. The molecule has 1 fully saturated rings. The molecule has 1 nitrogen and oxygen atoms in total. The molecule has 0 aromatic rings. The molecule has 0 aliphatic carbocycles. The Labute approximate surface area is 72.7 Å². The SMILES string of the molecule is CCN1CCC(F)(F)CC(C)C1. The highest BCUT2D eigenvalue weighted by atomic mass is 19.3. The van der Waals surface area contributed by atoms with E-state index < -0.39 is 5.92 Å². The summed E-state index contributed by atoms with van der Waals surface area (Å²) >= 11 is 0. The van der Waals surface area contributed by atoms with E-state index in [4.69, 9.17) is 0 Å². The molecule has 0 radical (unpaired) electrons. The molecule has 1 rings (SSSR count). The Morgan fingerprint density at radius 2 is 2.17 bits per heavy atom. The quantitative estimate of drug-likeness (QED) is 0.594. The summed E-state index contributed by atoms with van der Waals surface area (Å²) in [5.74, 6) is -2.30. The Balaban J connectivity index is 2.53. The number of hydrogen-bond donors (Lipinski definition) is 0. The van der Waals surface area contributed by atoms with Gasteiger partial charge in [-0.2, -0.15) is 0 Å². The van der Waals surface area contributed by atoms with E-state index in [-0.39, 0.29) is 18.8 Å². The minimum Gasteiger partial charge on any atom is -0.303 e. The molecular weight excluding hydrogens is 160 g/mol. The first-order valence-electron chi connectivity index (χ1n) is 4.63.